The molecule has 0 spiro atoms. The highest BCUT2D eigenvalue weighted by atomic mass is 35.5. The zero-order valence-electron chi connectivity index (χ0n) is 12.7. The standard InChI is InChI=1S/C15H17ClN2O4S/c1-11-17-14(18-22-11)9-23-10-15(19)21-8-2-7-20-13-5-3-12(16)4-6-13/h3-6H,2,7-10H2,1H3. The van der Waals surface area contributed by atoms with Crippen LogP contribution in [0.25, 0.3) is 0 Å². The number of carbonyl (C=O) groups excluding carboxylic acids is 1. The Morgan fingerprint density at radius 3 is 2.78 bits per heavy atom. The van der Waals surface area contributed by atoms with Crippen molar-refractivity contribution >= 4 is 29.3 Å². The third-order valence-electron chi connectivity index (χ3n) is 2.65. The average molecular weight is 357 g/mol. The number of thioether (sulfide) groups is 1. The molecule has 0 saturated carbocycles. The van der Waals surface area contributed by atoms with Gasteiger partial charge in [0.2, 0.25) is 5.89 Å². The van der Waals surface area contributed by atoms with Crippen molar-refractivity contribution in [1.82, 2.24) is 10.1 Å². The van der Waals surface area contributed by atoms with Gasteiger partial charge in [0.15, 0.2) is 5.82 Å². The molecule has 8 heteroatoms. The molecule has 23 heavy (non-hydrogen) atoms. The van der Waals surface area contributed by atoms with Gasteiger partial charge in [-0.3, -0.25) is 4.79 Å². The molecule has 0 amide bonds. The Labute approximate surface area is 143 Å². The number of esters is 1. The molecule has 0 saturated heterocycles. The molecule has 1 aromatic heterocycles. The number of aryl methyl sites for hydroxylation is 1. The van der Waals surface area contributed by atoms with E-state index in [4.69, 9.17) is 25.6 Å². The topological polar surface area (TPSA) is 74.5 Å². The molecule has 1 aromatic carbocycles. The molecule has 6 nitrogen and oxygen atoms in total. The van der Waals surface area contributed by atoms with Crippen molar-refractivity contribution in [1.29, 1.82) is 0 Å². The van der Waals surface area contributed by atoms with Crippen LogP contribution >= 0.6 is 23.4 Å². The van der Waals surface area contributed by atoms with Crippen LogP contribution in [0.1, 0.15) is 18.1 Å². The van der Waals surface area contributed by atoms with Gasteiger partial charge in [-0.05, 0) is 24.3 Å². The van der Waals surface area contributed by atoms with Crippen molar-refractivity contribution in [2.75, 3.05) is 19.0 Å². The van der Waals surface area contributed by atoms with Crippen molar-refractivity contribution in [2.45, 2.75) is 19.1 Å². The van der Waals surface area contributed by atoms with Gasteiger partial charge in [0.25, 0.3) is 0 Å². The molecule has 0 aliphatic rings. The minimum atomic E-state index is -0.262. The molecule has 0 fully saturated rings. The zero-order valence-corrected chi connectivity index (χ0v) is 14.2. The maximum atomic E-state index is 11.5. The Kier molecular flexibility index (Phi) is 7.22. The van der Waals surface area contributed by atoms with E-state index in [1.807, 2.05) is 0 Å². The predicted molar refractivity (Wildman–Crippen MR) is 87.7 cm³/mol. The summed E-state index contributed by atoms with van der Waals surface area (Å²) < 4.78 is 15.5. The molecule has 2 rings (SSSR count). The molecular weight excluding hydrogens is 340 g/mol. The third kappa shape index (κ3) is 6.92. The summed E-state index contributed by atoms with van der Waals surface area (Å²) in [6.07, 6.45) is 0.628. The highest BCUT2D eigenvalue weighted by Crippen LogP contribution is 2.15. The molecule has 0 atom stereocenters. The van der Waals surface area contributed by atoms with Crippen molar-refractivity contribution in [2.24, 2.45) is 0 Å². The fourth-order valence-electron chi connectivity index (χ4n) is 1.63. The van der Waals surface area contributed by atoms with E-state index < -0.39 is 0 Å². The van der Waals surface area contributed by atoms with Crippen LogP contribution in [0.4, 0.5) is 0 Å². The van der Waals surface area contributed by atoms with E-state index >= 15 is 0 Å². The molecule has 1 heterocycles. The number of hydrogen-bond acceptors (Lipinski definition) is 7. The van der Waals surface area contributed by atoms with Crippen LogP contribution < -0.4 is 4.74 Å². The number of hydrogen-bond donors (Lipinski definition) is 0. The van der Waals surface area contributed by atoms with Crippen LogP contribution in [-0.4, -0.2) is 35.1 Å². The number of ether oxygens (including phenoxy) is 2. The number of halogens is 1. The lowest BCUT2D eigenvalue weighted by Crippen LogP contribution is -2.11. The maximum Gasteiger partial charge on any atom is 0.315 e. The van der Waals surface area contributed by atoms with E-state index in [1.54, 1.807) is 31.2 Å². The summed E-state index contributed by atoms with van der Waals surface area (Å²) in [5.74, 6) is 2.35. The predicted octanol–water partition coefficient (Wildman–Crippen LogP) is 3.28. The molecule has 0 radical (unpaired) electrons. The first-order chi connectivity index (χ1) is 11.1. The molecule has 0 aliphatic carbocycles. The Hall–Kier alpha value is -1.73. The Balaban J connectivity index is 1.50. The van der Waals surface area contributed by atoms with Gasteiger partial charge < -0.3 is 14.0 Å². The van der Waals surface area contributed by atoms with Crippen LogP contribution in [-0.2, 0) is 15.3 Å². The van der Waals surface area contributed by atoms with Gasteiger partial charge in [-0.25, -0.2) is 0 Å². The maximum absolute atomic E-state index is 11.5. The molecule has 0 unspecified atom stereocenters. The average Bonchev–Trinajstić information content (AvgIpc) is 2.94. The normalized spacial score (nSPS) is 10.5. The number of aromatic nitrogens is 2. The number of benzene rings is 1. The van der Waals surface area contributed by atoms with E-state index in [2.05, 4.69) is 10.1 Å². The summed E-state index contributed by atoms with van der Waals surface area (Å²) in [7, 11) is 0. The molecular formula is C15H17ClN2O4S. The Bertz CT molecular complexity index is 618. The zero-order chi connectivity index (χ0) is 16.5. The number of carbonyl (C=O) groups is 1. The lowest BCUT2D eigenvalue weighted by Gasteiger charge is -2.07. The van der Waals surface area contributed by atoms with E-state index in [0.717, 1.165) is 5.75 Å². The highest BCUT2D eigenvalue weighted by Gasteiger charge is 2.06. The first-order valence-electron chi connectivity index (χ1n) is 7.04. The SMILES string of the molecule is Cc1nc(CSCC(=O)OCCCOc2ccc(Cl)cc2)no1. The summed E-state index contributed by atoms with van der Waals surface area (Å²) in [4.78, 5) is 15.6. The van der Waals surface area contributed by atoms with Crippen molar-refractivity contribution in [3.8, 4) is 5.75 Å². The van der Waals surface area contributed by atoms with Crippen LogP contribution in [0.3, 0.4) is 0 Å². The first-order valence-corrected chi connectivity index (χ1v) is 8.57. The quantitative estimate of drug-likeness (QED) is 0.504. The monoisotopic (exact) mass is 356 g/mol. The lowest BCUT2D eigenvalue weighted by molar-refractivity contribution is -0.140. The second-order valence-electron chi connectivity index (χ2n) is 4.60. The summed E-state index contributed by atoms with van der Waals surface area (Å²) in [5.41, 5.74) is 0. The number of nitrogens with zero attached hydrogens (tertiary/aromatic N) is 2. The Morgan fingerprint density at radius 1 is 1.30 bits per heavy atom. The Morgan fingerprint density at radius 2 is 2.09 bits per heavy atom. The van der Waals surface area contributed by atoms with E-state index in [9.17, 15) is 4.79 Å². The fourth-order valence-corrected chi connectivity index (χ4v) is 2.41. The van der Waals surface area contributed by atoms with E-state index in [0.29, 0.717) is 42.1 Å². The van der Waals surface area contributed by atoms with Crippen LogP contribution in [0.2, 0.25) is 5.02 Å². The second-order valence-corrected chi connectivity index (χ2v) is 6.02. The van der Waals surface area contributed by atoms with Gasteiger partial charge in [-0.15, -0.1) is 11.8 Å². The summed E-state index contributed by atoms with van der Waals surface area (Å²) in [5, 5.41) is 4.42. The van der Waals surface area contributed by atoms with Crippen molar-refractivity contribution in [3.63, 3.8) is 0 Å². The molecule has 0 aliphatic heterocycles. The summed E-state index contributed by atoms with van der Waals surface area (Å²) in [6.45, 7) is 2.53. The van der Waals surface area contributed by atoms with Gasteiger partial charge in [-0.2, -0.15) is 4.98 Å². The molecule has 2 aromatic rings. The van der Waals surface area contributed by atoms with Crippen molar-refractivity contribution < 1.29 is 18.8 Å². The highest BCUT2D eigenvalue weighted by molar-refractivity contribution is 7.99. The minimum Gasteiger partial charge on any atom is -0.493 e. The van der Waals surface area contributed by atoms with Crippen molar-refractivity contribution in [3.05, 3.63) is 41.0 Å². The van der Waals surface area contributed by atoms with Crippen LogP contribution in [0, 0.1) is 6.92 Å². The summed E-state index contributed by atoms with van der Waals surface area (Å²) >= 11 is 7.17. The van der Waals surface area contributed by atoms with Gasteiger partial charge in [0.05, 0.1) is 24.7 Å². The summed E-state index contributed by atoms with van der Waals surface area (Å²) in [6, 6.07) is 7.12. The van der Waals surface area contributed by atoms with E-state index in [1.165, 1.54) is 11.8 Å². The van der Waals surface area contributed by atoms with Gasteiger partial charge in [0.1, 0.15) is 5.75 Å². The third-order valence-corrected chi connectivity index (χ3v) is 3.81. The van der Waals surface area contributed by atoms with Crippen LogP contribution in [0.15, 0.2) is 28.8 Å². The fraction of sp³-hybridized carbons (Fsp3) is 0.400. The smallest absolute Gasteiger partial charge is 0.315 e. The van der Waals surface area contributed by atoms with E-state index in [-0.39, 0.29) is 11.7 Å². The molecule has 0 bridgehead atoms. The second kappa shape index (κ2) is 9.42. The van der Waals surface area contributed by atoms with Crippen LogP contribution in [0.5, 0.6) is 5.75 Å². The molecule has 124 valence electrons. The number of rotatable bonds is 9. The minimum absolute atomic E-state index is 0.256. The molecule has 0 N–H and O–H groups in total. The van der Waals surface area contributed by atoms with Gasteiger partial charge in [-0.1, -0.05) is 16.8 Å². The van der Waals surface area contributed by atoms with Gasteiger partial charge >= 0.3 is 5.97 Å². The van der Waals surface area contributed by atoms with Gasteiger partial charge in [0, 0.05) is 18.4 Å². The lowest BCUT2D eigenvalue weighted by atomic mass is 10.3. The largest absolute Gasteiger partial charge is 0.493 e. The first kappa shape index (κ1) is 17.6.